The molecule has 0 spiro atoms. The second-order valence-electron chi connectivity index (χ2n) is 5.06. The highest BCUT2D eigenvalue weighted by Crippen LogP contribution is 2.32. The van der Waals surface area contributed by atoms with E-state index in [1.54, 1.807) is 0 Å². The average molecular weight is 298 g/mol. The summed E-state index contributed by atoms with van der Waals surface area (Å²) in [5.41, 5.74) is 0. The summed E-state index contributed by atoms with van der Waals surface area (Å²) in [4.78, 5) is 7.69. The molecule has 0 aliphatic carbocycles. The minimum atomic E-state index is 0.544. The van der Waals surface area contributed by atoms with Gasteiger partial charge < -0.3 is 9.42 Å². The number of thiophene rings is 1. The maximum atomic E-state index is 6.07. The van der Waals surface area contributed by atoms with Gasteiger partial charge >= 0.3 is 0 Å². The first-order valence-electron chi connectivity index (χ1n) is 6.47. The maximum absolute atomic E-state index is 6.07. The predicted molar refractivity (Wildman–Crippen MR) is 76.5 cm³/mol. The van der Waals surface area contributed by atoms with Gasteiger partial charge in [-0.15, -0.1) is 11.3 Å². The molecule has 0 aromatic carbocycles. The molecule has 2 aromatic rings. The Morgan fingerprint density at radius 2 is 2.26 bits per heavy atom. The van der Waals surface area contributed by atoms with Crippen molar-refractivity contribution >= 4 is 22.9 Å². The van der Waals surface area contributed by atoms with Crippen LogP contribution in [0.1, 0.15) is 18.7 Å². The maximum Gasteiger partial charge on any atom is 0.269 e. The molecule has 1 fully saturated rings. The Bertz CT molecular complexity index is 546. The molecule has 3 rings (SSSR count). The molecule has 0 unspecified atom stereocenters. The highest BCUT2D eigenvalue weighted by molar-refractivity contribution is 7.14. The summed E-state index contributed by atoms with van der Waals surface area (Å²) >= 11 is 7.60. The van der Waals surface area contributed by atoms with Gasteiger partial charge in [0.2, 0.25) is 0 Å². The number of hydrogen-bond acceptors (Lipinski definition) is 5. The van der Waals surface area contributed by atoms with Gasteiger partial charge in [-0.3, -0.25) is 0 Å². The van der Waals surface area contributed by atoms with Crippen molar-refractivity contribution in [1.29, 1.82) is 0 Å². The molecule has 3 heterocycles. The fourth-order valence-corrected chi connectivity index (χ4v) is 3.46. The lowest BCUT2D eigenvalue weighted by molar-refractivity contribution is 0.216. The van der Waals surface area contributed by atoms with Gasteiger partial charge in [0.05, 0.1) is 5.02 Å². The Kier molecular flexibility index (Phi) is 3.86. The van der Waals surface area contributed by atoms with Crippen molar-refractivity contribution in [2.24, 2.45) is 5.92 Å². The predicted octanol–water partition coefficient (Wildman–Crippen LogP) is 3.34. The third-order valence-electron chi connectivity index (χ3n) is 3.59. The minimum absolute atomic E-state index is 0.544. The highest BCUT2D eigenvalue weighted by atomic mass is 35.5. The molecule has 19 heavy (non-hydrogen) atoms. The normalized spacial score (nSPS) is 18.0. The summed E-state index contributed by atoms with van der Waals surface area (Å²) in [7, 11) is 2.17. The van der Waals surface area contributed by atoms with E-state index in [9.17, 15) is 0 Å². The number of hydrogen-bond donors (Lipinski definition) is 0. The first-order chi connectivity index (χ1) is 9.22. The molecule has 4 nitrogen and oxygen atoms in total. The van der Waals surface area contributed by atoms with Crippen LogP contribution in [0.5, 0.6) is 0 Å². The quantitative estimate of drug-likeness (QED) is 0.871. The van der Waals surface area contributed by atoms with Gasteiger partial charge in [-0.2, -0.15) is 4.98 Å². The number of nitrogens with zero attached hydrogens (tertiary/aromatic N) is 3. The SMILES string of the molecule is CN1CCC(Cc2noc(-c3sccc3Cl)n2)CC1. The molecular weight excluding hydrogens is 282 g/mol. The minimum Gasteiger partial charge on any atom is -0.333 e. The first-order valence-corrected chi connectivity index (χ1v) is 7.72. The van der Waals surface area contributed by atoms with E-state index in [0.29, 0.717) is 16.8 Å². The molecule has 1 saturated heterocycles. The van der Waals surface area contributed by atoms with Gasteiger partial charge in [0.1, 0.15) is 4.88 Å². The largest absolute Gasteiger partial charge is 0.333 e. The Labute approximate surface area is 121 Å². The third kappa shape index (κ3) is 2.99. The lowest BCUT2D eigenvalue weighted by Gasteiger charge is -2.27. The van der Waals surface area contributed by atoms with Crippen LogP contribution in [0.15, 0.2) is 16.0 Å². The van der Waals surface area contributed by atoms with E-state index in [2.05, 4.69) is 22.1 Å². The molecule has 2 aromatic heterocycles. The van der Waals surface area contributed by atoms with Gasteiger partial charge in [-0.25, -0.2) is 0 Å². The van der Waals surface area contributed by atoms with E-state index >= 15 is 0 Å². The number of aromatic nitrogens is 2. The van der Waals surface area contributed by atoms with Gasteiger partial charge in [0.15, 0.2) is 5.82 Å². The molecule has 0 saturated carbocycles. The van der Waals surface area contributed by atoms with Crippen LogP contribution >= 0.6 is 22.9 Å². The molecule has 0 bridgehead atoms. The fourth-order valence-electron chi connectivity index (χ4n) is 2.40. The van der Waals surface area contributed by atoms with Crippen LogP contribution in [0.4, 0.5) is 0 Å². The zero-order valence-corrected chi connectivity index (χ0v) is 12.4. The van der Waals surface area contributed by atoms with Crippen LogP contribution in [0.2, 0.25) is 5.02 Å². The number of piperidine rings is 1. The molecule has 0 radical (unpaired) electrons. The van der Waals surface area contributed by atoms with Gasteiger partial charge in [0, 0.05) is 6.42 Å². The van der Waals surface area contributed by atoms with Crippen molar-refractivity contribution in [3.8, 4) is 10.8 Å². The molecule has 6 heteroatoms. The molecule has 1 aliphatic rings. The lowest BCUT2D eigenvalue weighted by Crippen LogP contribution is -2.31. The van der Waals surface area contributed by atoms with Crippen molar-refractivity contribution in [1.82, 2.24) is 15.0 Å². The average Bonchev–Trinajstić information content (AvgIpc) is 3.01. The van der Waals surface area contributed by atoms with Gasteiger partial charge in [-0.05, 0) is 50.3 Å². The van der Waals surface area contributed by atoms with Gasteiger partial charge in [0.25, 0.3) is 5.89 Å². The Hall–Kier alpha value is -0.910. The van der Waals surface area contributed by atoms with Crippen LogP contribution in [0.3, 0.4) is 0 Å². The van der Waals surface area contributed by atoms with E-state index in [1.807, 2.05) is 11.4 Å². The fraction of sp³-hybridized carbons (Fsp3) is 0.538. The number of rotatable bonds is 3. The smallest absolute Gasteiger partial charge is 0.269 e. The van der Waals surface area contributed by atoms with E-state index < -0.39 is 0 Å². The Balaban J connectivity index is 1.67. The van der Waals surface area contributed by atoms with Gasteiger partial charge in [-0.1, -0.05) is 16.8 Å². The second-order valence-corrected chi connectivity index (χ2v) is 6.39. The first kappa shape index (κ1) is 13.1. The van der Waals surface area contributed by atoms with E-state index in [4.69, 9.17) is 16.1 Å². The van der Waals surface area contributed by atoms with Crippen molar-refractivity contribution in [2.75, 3.05) is 20.1 Å². The molecule has 102 valence electrons. The standard InChI is InChI=1S/C13H16ClN3OS/c1-17-5-2-9(3-6-17)8-11-15-13(18-16-11)12-10(14)4-7-19-12/h4,7,9H,2-3,5-6,8H2,1H3. The molecule has 1 aliphatic heterocycles. The summed E-state index contributed by atoms with van der Waals surface area (Å²) in [6.45, 7) is 2.32. The van der Waals surface area contributed by atoms with Crippen molar-refractivity contribution in [3.63, 3.8) is 0 Å². The lowest BCUT2D eigenvalue weighted by atomic mass is 9.94. The van der Waals surface area contributed by atoms with E-state index in [-0.39, 0.29) is 0 Å². The summed E-state index contributed by atoms with van der Waals surface area (Å²) in [6.07, 6.45) is 3.32. The summed E-state index contributed by atoms with van der Waals surface area (Å²) in [5.74, 6) is 2.01. The zero-order valence-electron chi connectivity index (χ0n) is 10.8. The van der Waals surface area contributed by atoms with Crippen LogP contribution < -0.4 is 0 Å². The molecule has 0 atom stereocenters. The molecule has 0 amide bonds. The van der Waals surface area contributed by atoms with Crippen LogP contribution in [0.25, 0.3) is 10.8 Å². The summed E-state index contributed by atoms with van der Waals surface area (Å²) in [5, 5.41) is 6.68. The van der Waals surface area contributed by atoms with Crippen LogP contribution in [0, 0.1) is 5.92 Å². The van der Waals surface area contributed by atoms with Crippen LogP contribution in [-0.2, 0) is 6.42 Å². The van der Waals surface area contributed by atoms with E-state index in [0.717, 1.165) is 30.2 Å². The highest BCUT2D eigenvalue weighted by Gasteiger charge is 2.20. The number of likely N-dealkylation sites (tertiary alicyclic amines) is 1. The van der Waals surface area contributed by atoms with Crippen molar-refractivity contribution in [3.05, 3.63) is 22.3 Å². The summed E-state index contributed by atoms with van der Waals surface area (Å²) in [6, 6.07) is 1.85. The second kappa shape index (κ2) is 5.61. The van der Waals surface area contributed by atoms with Crippen molar-refractivity contribution < 1.29 is 4.52 Å². The third-order valence-corrected chi connectivity index (χ3v) is 4.92. The molecular formula is C13H16ClN3OS. The zero-order chi connectivity index (χ0) is 13.2. The van der Waals surface area contributed by atoms with Crippen molar-refractivity contribution in [2.45, 2.75) is 19.3 Å². The monoisotopic (exact) mass is 297 g/mol. The Morgan fingerprint density at radius 1 is 1.47 bits per heavy atom. The molecule has 0 N–H and O–H groups in total. The van der Waals surface area contributed by atoms with E-state index in [1.165, 1.54) is 24.2 Å². The topological polar surface area (TPSA) is 42.2 Å². The van der Waals surface area contributed by atoms with Crippen LogP contribution in [-0.4, -0.2) is 35.2 Å². The Morgan fingerprint density at radius 3 is 2.95 bits per heavy atom. The number of halogens is 1. The summed E-state index contributed by atoms with van der Waals surface area (Å²) < 4.78 is 5.31.